The normalized spacial score (nSPS) is 14.0. The molecule has 0 fully saturated rings. The lowest BCUT2D eigenvalue weighted by Crippen LogP contribution is -2.39. The number of amides is 2. The van der Waals surface area contributed by atoms with Gasteiger partial charge in [-0.3, -0.25) is 10.1 Å². The zero-order chi connectivity index (χ0) is 20.8. The van der Waals surface area contributed by atoms with Crippen molar-refractivity contribution in [2.45, 2.75) is 39.3 Å². The number of nitrogens with zero attached hydrogens (tertiary/aromatic N) is 2. The van der Waals surface area contributed by atoms with E-state index in [4.69, 9.17) is 16.3 Å². The van der Waals surface area contributed by atoms with Gasteiger partial charge >= 0.3 is 6.09 Å². The molecule has 0 spiro atoms. The van der Waals surface area contributed by atoms with E-state index < -0.39 is 5.60 Å². The topological polar surface area (TPSA) is 71.5 Å². The van der Waals surface area contributed by atoms with Crippen molar-refractivity contribution in [2.75, 3.05) is 11.9 Å². The second-order valence-corrected chi connectivity index (χ2v) is 10.3. The van der Waals surface area contributed by atoms with E-state index in [2.05, 4.69) is 10.3 Å². The van der Waals surface area contributed by atoms with Gasteiger partial charge in [0.25, 0.3) is 5.91 Å². The van der Waals surface area contributed by atoms with Crippen molar-refractivity contribution < 1.29 is 14.3 Å². The molecule has 0 saturated heterocycles. The Kier molecular flexibility index (Phi) is 5.27. The maximum atomic E-state index is 12.7. The van der Waals surface area contributed by atoms with E-state index in [-0.39, 0.29) is 12.0 Å². The number of nitrogens with one attached hydrogen (secondary N) is 1. The predicted octanol–water partition coefficient (Wildman–Crippen LogP) is 5.56. The first-order chi connectivity index (χ1) is 13.7. The van der Waals surface area contributed by atoms with Gasteiger partial charge in [-0.15, -0.1) is 11.3 Å². The van der Waals surface area contributed by atoms with Gasteiger partial charge < -0.3 is 9.64 Å². The lowest BCUT2D eigenvalue weighted by atomic mass is 10.2. The van der Waals surface area contributed by atoms with Gasteiger partial charge in [-0.05, 0) is 26.8 Å². The number of ether oxygens (including phenoxy) is 1. The maximum absolute atomic E-state index is 12.7. The maximum Gasteiger partial charge on any atom is 0.410 e. The molecule has 1 N–H and O–H groups in total. The number of carbonyl (C=O) groups is 2. The van der Waals surface area contributed by atoms with Gasteiger partial charge in [0, 0.05) is 27.9 Å². The molecule has 2 aromatic heterocycles. The average molecular weight is 450 g/mol. The Morgan fingerprint density at radius 2 is 2.00 bits per heavy atom. The number of thiophene rings is 1. The van der Waals surface area contributed by atoms with Gasteiger partial charge in [-0.1, -0.05) is 41.1 Å². The highest BCUT2D eigenvalue weighted by Gasteiger charge is 2.28. The van der Waals surface area contributed by atoms with Crippen LogP contribution in [0, 0.1) is 0 Å². The Bertz CT molecular complexity index is 1100. The Morgan fingerprint density at radius 1 is 1.24 bits per heavy atom. The molecule has 9 heteroatoms. The number of fused-ring (bicyclic) bond motifs is 2. The summed E-state index contributed by atoms with van der Waals surface area (Å²) in [6, 6.07) is 7.66. The number of thiazole rings is 1. The van der Waals surface area contributed by atoms with E-state index in [1.807, 2.05) is 45.0 Å². The van der Waals surface area contributed by atoms with Gasteiger partial charge in [0.2, 0.25) is 0 Å². The van der Waals surface area contributed by atoms with Crippen LogP contribution >= 0.6 is 34.3 Å². The van der Waals surface area contributed by atoms with E-state index >= 15 is 0 Å². The molecule has 1 aliphatic rings. The summed E-state index contributed by atoms with van der Waals surface area (Å²) in [7, 11) is 0. The molecule has 3 heterocycles. The van der Waals surface area contributed by atoms with Gasteiger partial charge in [0.1, 0.15) is 10.5 Å². The summed E-state index contributed by atoms with van der Waals surface area (Å²) in [5, 5.41) is 4.70. The number of aromatic nitrogens is 1. The molecule has 29 heavy (non-hydrogen) atoms. The molecule has 4 rings (SSSR count). The monoisotopic (exact) mass is 449 g/mol. The van der Waals surface area contributed by atoms with Crippen LogP contribution in [0.3, 0.4) is 0 Å². The van der Waals surface area contributed by atoms with Crippen LogP contribution in [0.1, 0.15) is 41.0 Å². The van der Waals surface area contributed by atoms with E-state index in [0.717, 1.165) is 20.7 Å². The largest absolute Gasteiger partial charge is 0.444 e. The van der Waals surface area contributed by atoms with Crippen LogP contribution in [0.25, 0.3) is 10.1 Å². The molecule has 1 aliphatic heterocycles. The first kappa shape index (κ1) is 20.1. The van der Waals surface area contributed by atoms with Crippen molar-refractivity contribution in [1.29, 1.82) is 0 Å². The quantitative estimate of drug-likeness (QED) is 0.556. The number of anilines is 1. The fraction of sp³-hybridized carbons (Fsp3) is 0.350. The number of benzene rings is 1. The molecule has 0 aliphatic carbocycles. The molecular formula is C20H20ClN3O3S2. The minimum Gasteiger partial charge on any atom is -0.444 e. The molecule has 0 saturated carbocycles. The van der Waals surface area contributed by atoms with E-state index in [1.165, 1.54) is 22.7 Å². The van der Waals surface area contributed by atoms with E-state index in [9.17, 15) is 9.59 Å². The standard InChI is InChI=1S/C20H20ClN3O3S2/c1-20(2,3)27-19(26)24-9-8-12-14(10-24)29-18(22-12)23-17(25)16-15(21)11-6-4-5-7-13(11)28-16/h4-7H,8-10H2,1-3H3,(H,22,23,25). The lowest BCUT2D eigenvalue weighted by Gasteiger charge is -2.29. The van der Waals surface area contributed by atoms with Crippen LogP contribution in [0.4, 0.5) is 9.93 Å². The molecule has 152 valence electrons. The summed E-state index contributed by atoms with van der Waals surface area (Å²) in [6.45, 7) is 6.52. The van der Waals surface area contributed by atoms with Crippen molar-refractivity contribution in [3.05, 3.63) is 44.7 Å². The molecule has 0 unspecified atom stereocenters. The summed E-state index contributed by atoms with van der Waals surface area (Å²) in [5.41, 5.74) is 0.376. The number of hydrogen-bond acceptors (Lipinski definition) is 6. The van der Waals surface area contributed by atoms with Gasteiger partial charge in [-0.25, -0.2) is 9.78 Å². The summed E-state index contributed by atoms with van der Waals surface area (Å²) < 4.78 is 6.42. The predicted molar refractivity (Wildman–Crippen MR) is 117 cm³/mol. The summed E-state index contributed by atoms with van der Waals surface area (Å²) >= 11 is 9.14. The van der Waals surface area contributed by atoms with Crippen LogP contribution < -0.4 is 5.32 Å². The molecule has 1 aromatic carbocycles. The molecule has 0 radical (unpaired) electrons. The Labute approximate surface area is 181 Å². The van der Waals surface area contributed by atoms with Gasteiger partial charge in [0.05, 0.1) is 17.3 Å². The first-order valence-electron chi connectivity index (χ1n) is 9.16. The summed E-state index contributed by atoms with van der Waals surface area (Å²) in [5.74, 6) is -0.272. The molecule has 0 atom stereocenters. The first-order valence-corrected chi connectivity index (χ1v) is 11.2. The summed E-state index contributed by atoms with van der Waals surface area (Å²) in [6.07, 6.45) is 0.295. The summed E-state index contributed by atoms with van der Waals surface area (Å²) in [4.78, 5) is 32.7. The average Bonchev–Trinajstić information content (AvgIpc) is 3.20. The lowest BCUT2D eigenvalue weighted by molar-refractivity contribution is 0.0225. The van der Waals surface area contributed by atoms with Crippen LogP contribution in [0.5, 0.6) is 0 Å². The third-order valence-electron chi connectivity index (χ3n) is 4.34. The number of hydrogen-bond donors (Lipinski definition) is 1. The van der Waals surface area contributed by atoms with Crippen molar-refractivity contribution in [2.24, 2.45) is 0 Å². The zero-order valence-electron chi connectivity index (χ0n) is 16.2. The van der Waals surface area contributed by atoms with Crippen molar-refractivity contribution in [3.63, 3.8) is 0 Å². The Morgan fingerprint density at radius 3 is 2.72 bits per heavy atom. The highest BCUT2D eigenvalue weighted by Crippen LogP contribution is 2.36. The highest BCUT2D eigenvalue weighted by molar-refractivity contribution is 7.22. The number of rotatable bonds is 2. The van der Waals surface area contributed by atoms with Crippen LogP contribution in [-0.4, -0.2) is 34.0 Å². The molecular weight excluding hydrogens is 430 g/mol. The Balaban J connectivity index is 1.48. The van der Waals surface area contributed by atoms with E-state index in [1.54, 1.807) is 4.90 Å². The SMILES string of the molecule is CC(C)(C)OC(=O)N1CCc2nc(NC(=O)c3sc4ccccc4c3Cl)sc2C1. The zero-order valence-corrected chi connectivity index (χ0v) is 18.6. The van der Waals surface area contributed by atoms with Gasteiger partial charge in [-0.2, -0.15) is 0 Å². The fourth-order valence-corrected chi connectivity index (χ4v) is 5.48. The third-order valence-corrected chi connectivity index (χ3v) is 7.02. The molecule has 2 amide bonds. The number of halogens is 1. The highest BCUT2D eigenvalue weighted by atomic mass is 35.5. The fourth-order valence-electron chi connectivity index (χ4n) is 3.05. The second kappa shape index (κ2) is 7.59. The molecule has 0 bridgehead atoms. The van der Waals surface area contributed by atoms with Gasteiger partial charge in [0.15, 0.2) is 5.13 Å². The molecule has 3 aromatic rings. The second-order valence-electron chi connectivity index (χ2n) is 7.74. The Hall–Kier alpha value is -2.16. The van der Waals surface area contributed by atoms with Crippen LogP contribution in [0.2, 0.25) is 5.02 Å². The smallest absolute Gasteiger partial charge is 0.410 e. The minimum absolute atomic E-state index is 0.272. The van der Waals surface area contributed by atoms with Crippen LogP contribution in [0.15, 0.2) is 24.3 Å². The number of carbonyl (C=O) groups excluding carboxylic acids is 2. The van der Waals surface area contributed by atoms with Crippen molar-refractivity contribution in [3.8, 4) is 0 Å². The minimum atomic E-state index is -0.534. The van der Waals surface area contributed by atoms with Crippen LogP contribution in [-0.2, 0) is 17.7 Å². The van der Waals surface area contributed by atoms with Crippen molar-refractivity contribution >= 4 is 61.5 Å². The van der Waals surface area contributed by atoms with E-state index in [0.29, 0.717) is 34.5 Å². The van der Waals surface area contributed by atoms with Crippen molar-refractivity contribution in [1.82, 2.24) is 9.88 Å². The molecule has 6 nitrogen and oxygen atoms in total. The third kappa shape index (κ3) is 4.24.